The summed E-state index contributed by atoms with van der Waals surface area (Å²) in [6, 6.07) is 0. The summed E-state index contributed by atoms with van der Waals surface area (Å²) >= 11 is 0. The van der Waals surface area contributed by atoms with E-state index in [9.17, 15) is 4.39 Å². The molecule has 2 rings (SSSR count). The molecule has 0 amide bonds. The van der Waals surface area contributed by atoms with Gasteiger partial charge in [0, 0.05) is 25.8 Å². The second kappa shape index (κ2) is 7.37. The highest BCUT2D eigenvalue weighted by Gasteiger charge is 2.05. The molecule has 0 aliphatic rings. The molecule has 0 aliphatic heterocycles. The largest absolute Gasteiger partial charge is 0.367 e. The van der Waals surface area contributed by atoms with Crippen molar-refractivity contribution in [3.63, 3.8) is 0 Å². The summed E-state index contributed by atoms with van der Waals surface area (Å²) in [7, 11) is 0. The van der Waals surface area contributed by atoms with Crippen molar-refractivity contribution >= 4 is 11.8 Å². The van der Waals surface area contributed by atoms with E-state index in [0.717, 1.165) is 25.9 Å². The first-order valence-corrected chi connectivity index (χ1v) is 6.64. The lowest BCUT2D eigenvalue weighted by Gasteiger charge is -2.08. The van der Waals surface area contributed by atoms with Crippen LogP contribution in [-0.2, 0) is 6.54 Å². The second-order valence-corrected chi connectivity index (χ2v) is 4.26. The van der Waals surface area contributed by atoms with Gasteiger partial charge in [0.15, 0.2) is 11.6 Å². The minimum atomic E-state index is -0.451. The second-order valence-electron chi connectivity index (χ2n) is 4.26. The van der Waals surface area contributed by atoms with Gasteiger partial charge in [-0.1, -0.05) is 12.1 Å². The minimum Gasteiger partial charge on any atom is -0.367 e. The highest BCUT2D eigenvalue weighted by molar-refractivity contribution is 5.40. The van der Waals surface area contributed by atoms with E-state index in [1.54, 1.807) is 17.1 Å². The zero-order chi connectivity index (χ0) is 14.2. The number of hydrogen-bond donors (Lipinski definition) is 2. The summed E-state index contributed by atoms with van der Waals surface area (Å²) in [5.74, 6) is 0.206. The molecule has 0 saturated heterocycles. The van der Waals surface area contributed by atoms with Gasteiger partial charge in [0.25, 0.3) is 0 Å². The lowest BCUT2D eigenvalue weighted by Crippen LogP contribution is -2.12. The molecule has 8 heteroatoms. The van der Waals surface area contributed by atoms with E-state index in [2.05, 4.69) is 30.9 Å². The van der Waals surface area contributed by atoms with Gasteiger partial charge in [0.05, 0.1) is 12.4 Å². The van der Waals surface area contributed by atoms with E-state index in [0.29, 0.717) is 12.5 Å². The van der Waals surface area contributed by atoms with Crippen LogP contribution in [-0.4, -0.2) is 38.1 Å². The molecule has 0 radical (unpaired) electrons. The van der Waals surface area contributed by atoms with Gasteiger partial charge in [0.1, 0.15) is 0 Å². The number of halogens is 1. The number of aryl methyl sites for hydroxylation is 1. The Balaban J connectivity index is 1.81. The van der Waals surface area contributed by atoms with Crippen LogP contribution in [0.2, 0.25) is 0 Å². The van der Waals surface area contributed by atoms with Crippen LogP contribution >= 0.6 is 0 Å². The molecule has 0 spiro atoms. The van der Waals surface area contributed by atoms with Crippen molar-refractivity contribution in [3.05, 3.63) is 24.4 Å². The summed E-state index contributed by atoms with van der Waals surface area (Å²) in [5.41, 5.74) is 0. The Hall–Kier alpha value is -2.25. The van der Waals surface area contributed by atoms with Crippen LogP contribution < -0.4 is 10.6 Å². The molecule has 0 fully saturated rings. The molecular weight excluding hydrogens is 261 g/mol. The molecule has 108 valence electrons. The number of anilines is 2. The number of nitrogens with zero attached hydrogens (tertiary/aromatic N) is 5. The van der Waals surface area contributed by atoms with E-state index in [4.69, 9.17) is 0 Å². The van der Waals surface area contributed by atoms with Crippen molar-refractivity contribution in [1.29, 1.82) is 0 Å². The van der Waals surface area contributed by atoms with Gasteiger partial charge in [-0.05, 0) is 12.8 Å². The van der Waals surface area contributed by atoms with Crippen molar-refractivity contribution in [2.45, 2.75) is 26.3 Å². The Morgan fingerprint density at radius 3 is 2.95 bits per heavy atom. The van der Waals surface area contributed by atoms with Gasteiger partial charge in [-0.3, -0.25) is 4.68 Å². The molecule has 2 heterocycles. The zero-order valence-corrected chi connectivity index (χ0v) is 11.4. The third-order valence-electron chi connectivity index (χ3n) is 2.61. The highest BCUT2D eigenvalue weighted by atomic mass is 19.1. The van der Waals surface area contributed by atoms with Crippen LogP contribution in [0.4, 0.5) is 16.2 Å². The number of hydrogen-bond acceptors (Lipinski definition) is 6. The number of rotatable bonds is 8. The molecule has 7 nitrogen and oxygen atoms in total. The third kappa shape index (κ3) is 4.15. The number of nitrogens with one attached hydrogen (secondary N) is 2. The van der Waals surface area contributed by atoms with Crippen molar-refractivity contribution in [1.82, 2.24) is 25.0 Å². The average Bonchev–Trinajstić information content (AvgIpc) is 2.97. The SMILES string of the molecule is CCCNc1ncc(F)c(NCCCn2ccnn2)n1. The van der Waals surface area contributed by atoms with Crippen LogP contribution in [0, 0.1) is 5.82 Å². The Kier molecular flexibility index (Phi) is 5.22. The molecule has 20 heavy (non-hydrogen) atoms. The molecule has 0 unspecified atom stereocenters. The predicted molar refractivity (Wildman–Crippen MR) is 73.9 cm³/mol. The van der Waals surface area contributed by atoms with Gasteiger partial charge >= 0.3 is 0 Å². The first-order chi connectivity index (χ1) is 9.79. The summed E-state index contributed by atoms with van der Waals surface area (Å²) in [6.45, 7) is 4.12. The minimum absolute atomic E-state index is 0.220. The van der Waals surface area contributed by atoms with Gasteiger partial charge < -0.3 is 10.6 Å². The van der Waals surface area contributed by atoms with Crippen molar-refractivity contribution in [2.24, 2.45) is 0 Å². The average molecular weight is 279 g/mol. The van der Waals surface area contributed by atoms with Gasteiger partial charge in [-0.25, -0.2) is 9.37 Å². The normalized spacial score (nSPS) is 10.5. The molecule has 2 aromatic rings. The van der Waals surface area contributed by atoms with E-state index in [-0.39, 0.29) is 5.82 Å². The number of aromatic nitrogens is 5. The first-order valence-electron chi connectivity index (χ1n) is 6.64. The quantitative estimate of drug-likeness (QED) is 0.713. The monoisotopic (exact) mass is 279 g/mol. The highest BCUT2D eigenvalue weighted by Crippen LogP contribution is 2.11. The fraction of sp³-hybridized carbons (Fsp3) is 0.500. The van der Waals surface area contributed by atoms with Crippen LogP contribution in [0.3, 0.4) is 0 Å². The van der Waals surface area contributed by atoms with Crippen molar-refractivity contribution in [2.75, 3.05) is 23.7 Å². The molecule has 2 aromatic heterocycles. The van der Waals surface area contributed by atoms with Crippen LogP contribution in [0.15, 0.2) is 18.6 Å². The maximum Gasteiger partial charge on any atom is 0.224 e. The lowest BCUT2D eigenvalue weighted by atomic mass is 10.4. The zero-order valence-electron chi connectivity index (χ0n) is 11.4. The van der Waals surface area contributed by atoms with Crippen LogP contribution in [0.25, 0.3) is 0 Å². The smallest absolute Gasteiger partial charge is 0.224 e. The summed E-state index contributed by atoms with van der Waals surface area (Å²) in [4.78, 5) is 7.99. The standard InChI is InChI=1S/C12H18FN7/c1-2-4-15-12-16-9-10(13)11(18-12)14-5-3-7-20-8-6-17-19-20/h6,8-9H,2-5,7H2,1H3,(H2,14,15,16,18). The summed E-state index contributed by atoms with van der Waals surface area (Å²) in [6.07, 6.45) is 6.35. The van der Waals surface area contributed by atoms with Gasteiger partial charge in [-0.15, -0.1) is 5.10 Å². The molecule has 0 atom stereocenters. The maximum absolute atomic E-state index is 13.5. The van der Waals surface area contributed by atoms with Crippen molar-refractivity contribution < 1.29 is 4.39 Å². The molecule has 2 N–H and O–H groups in total. The fourth-order valence-electron chi connectivity index (χ4n) is 1.61. The third-order valence-corrected chi connectivity index (χ3v) is 2.61. The fourth-order valence-corrected chi connectivity index (χ4v) is 1.61. The molecule has 0 saturated carbocycles. The Morgan fingerprint density at radius 2 is 2.20 bits per heavy atom. The molecule has 0 bridgehead atoms. The molecular formula is C12H18FN7. The Morgan fingerprint density at radius 1 is 1.30 bits per heavy atom. The van der Waals surface area contributed by atoms with Gasteiger partial charge in [0.2, 0.25) is 5.95 Å². The molecule has 0 aromatic carbocycles. The Bertz CT molecular complexity index is 515. The van der Waals surface area contributed by atoms with E-state index < -0.39 is 5.82 Å². The van der Waals surface area contributed by atoms with Crippen LogP contribution in [0.1, 0.15) is 19.8 Å². The van der Waals surface area contributed by atoms with Crippen LogP contribution in [0.5, 0.6) is 0 Å². The lowest BCUT2D eigenvalue weighted by molar-refractivity contribution is 0.567. The predicted octanol–water partition coefficient (Wildman–Crippen LogP) is 1.53. The first kappa shape index (κ1) is 14.2. The Labute approximate surface area is 116 Å². The van der Waals surface area contributed by atoms with E-state index >= 15 is 0 Å². The van der Waals surface area contributed by atoms with Crippen molar-refractivity contribution in [3.8, 4) is 0 Å². The van der Waals surface area contributed by atoms with Gasteiger partial charge in [-0.2, -0.15) is 4.98 Å². The maximum atomic E-state index is 13.5. The van der Waals surface area contributed by atoms with E-state index in [1.165, 1.54) is 6.20 Å². The topological polar surface area (TPSA) is 80.5 Å². The summed E-state index contributed by atoms with van der Waals surface area (Å²) < 4.78 is 15.3. The van der Waals surface area contributed by atoms with E-state index in [1.807, 2.05) is 6.92 Å². The summed E-state index contributed by atoms with van der Waals surface area (Å²) in [5, 5.41) is 13.6. The molecule has 0 aliphatic carbocycles.